The lowest BCUT2D eigenvalue weighted by atomic mass is 9.62. The molecule has 9 aromatic carbocycles. The van der Waals surface area contributed by atoms with E-state index in [9.17, 15) is 0 Å². The number of aromatic nitrogens is 2. The van der Waals surface area contributed by atoms with Crippen molar-refractivity contribution in [2.45, 2.75) is 64.2 Å². The Morgan fingerprint density at radius 2 is 0.800 bits per heavy atom. The number of allylic oxidation sites excluding steroid dienone is 4. The molecule has 14 rings (SSSR count). The summed E-state index contributed by atoms with van der Waals surface area (Å²) < 4.78 is 5.20. The average Bonchev–Trinajstić information content (AvgIpc) is 3.93. The number of rotatable bonds is 6. The first kappa shape index (κ1) is 41.1. The van der Waals surface area contributed by atoms with Gasteiger partial charge in [0, 0.05) is 32.9 Å². The van der Waals surface area contributed by atoms with Crippen molar-refractivity contribution in [1.82, 2.24) is 9.13 Å². The van der Waals surface area contributed by atoms with Gasteiger partial charge in [-0.1, -0.05) is 161 Å². The number of fused-ring (bicyclic) bond motifs is 8. The predicted molar refractivity (Wildman–Crippen MR) is 297 cm³/mol. The lowest BCUT2D eigenvalue weighted by molar-refractivity contribution is 0.584. The predicted octanol–water partition coefficient (Wildman–Crippen LogP) is 18.7. The molecule has 70 heavy (non-hydrogen) atoms. The van der Waals surface area contributed by atoms with Crippen molar-refractivity contribution in [3.05, 3.63) is 234 Å². The Morgan fingerprint density at radius 3 is 1.29 bits per heavy atom. The van der Waals surface area contributed by atoms with Gasteiger partial charge in [-0.25, -0.2) is 0 Å². The highest BCUT2D eigenvalue weighted by Crippen LogP contribution is 2.61. The van der Waals surface area contributed by atoms with Crippen LogP contribution in [0.5, 0.6) is 0 Å². The van der Waals surface area contributed by atoms with Crippen LogP contribution in [0.4, 0.5) is 0 Å². The van der Waals surface area contributed by atoms with Gasteiger partial charge in [0.15, 0.2) is 0 Å². The SMILES string of the molecule is CC1c2cc3c4cc(-c5cccc(-c6ccccc6)c5)ccc4n(-c4ccccc4)c3c3c2-c2c(cc4c5cc(-c6cccc(C7=CC=CCC7)c6)ccc5n(-c5ccccc5)c4c2C1C)C(C)C3C. The van der Waals surface area contributed by atoms with Crippen LogP contribution in [0.15, 0.2) is 206 Å². The molecule has 3 aliphatic carbocycles. The van der Waals surface area contributed by atoms with E-state index in [0.29, 0.717) is 0 Å². The van der Waals surface area contributed by atoms with Gasteiger partial charge in [-0.15, -0.1) is 0 Å². The molecule has 2 aromatic heterocycles. The van der Waals surface area contributed by atoms with Crippen molar-refractivity contribution in [2.75, 3.05) is 0 Å². The smallest absolute Gasteiger partial charge is 0.0582 e. The Kier molecular flexibility index (Phi) is 9.27. The Balaban J connectivity index is 1.05. The van der Waals surface area contributed by atoms with Gasteiger partial charge in [0.05, 0.1) is 22.1 Å². The first-order valence-electron chi connectivity index (χ1n) is 25.4. The zero-order chi connectivity index (χ0) is 46.8. The van der Waals surface area contributed by atoms with E-state index < -0.39 is 0 Å². The molecule has 0 aliphatic heterocycles. The number of nitrogens with zero attached hydrogens (tertiary/aromatic N) is 2. The van der Waals surface area contributed by atoms with Crippen molar-refractivity contribution in [1.29, 1.82) is 0 Å². The van der Waals surface area contributed by atoms with Gasteiger partial charge < -0.3 is 9.13 Å². The maximum atomic E-state index is 2.62. The highest BCUT2D eigenvalue weighted by Gasteiger charge is 2.42. The third kappa shape index (κ3) is 6.05. The van der Waals surface area contributed by atoms with Gasteiger partial charge in [-0.2, -0.15) is 0 Å². The third-order valence-electron chi connectivity index (χ3n) is 16.8. The van der Waals surface area contributed by atoms with Crippen LogP contribution in [0.25, 0.3) is 105 Å². The lowest BCUT2D eigenvalue weighted by Crippen LogP contribution is -2.24. The van der Waals surface area contributed by atoms with Crippen LogP contribution >= 0.6 is 0 Å². The second kappa shape index (κ2) is 15.8. The standard InChI is InChI=1S/C68H54N2/c1-41-43(3)63-66-56(40-60-58-38-52(50-26-18-24-48(36-50)46-21-11-6-12-22-46)32-34-62(58)69(67(60)63)53-27-13-7-14-28-53)42(2)44(4)64-65(66)55(41)39-59-57-37-51(49-25-17-23-47(35-49)45-19-9-5-10-20-45)31-33-61(57)70(68(59)64)54-29-15-8-16-30-54/h5-11,13-21,23-44H,12,22H2,1-4H3. The molecule has 11 aromatic rings. The van der Waals surface area contributed by atoms with E-state index in [4.69, 9.17) is 0 Å². The molecule has 0 saturated carbocycles. The maximum absolute atomic E-state index is 2.62. The molecule has 2 heteroatoms. The Labute approximate surface area is 410 Å². The number of hydrogen-bond acceptors (Lipinski definition) is 0. The van der Waals surface area contributed by atoms with Crippen molar-refractivity contribution in [2.24, 2.45) is 0 Å². The minimum absolute atomic E-state index is 0.273. The topological polar surface area (TPSA) is 9.86 Å². The summed E-state index contributed by atoms with van der Waals surface area (Å²) in [5.74, 6) is 1.12. The van der Waals surface area contributed by atoms with E-state index >= 15 is 0 Å². The summed E-state index contributed by atoms with van der Waals surface area (Å²) >= 11 is 0. The number of hydrogen-bond donors (Lipinski definition) is 0. The fraction of sp³-hybridized carbons (Fsp3) is 0.147. The van der Waals surface area contributed by atoms with Gasteiger partial charge in [-0.05, 0) is 187 Å². The van der Waals surface area contributed by atoms with Crippen molar-refractivity contribution >= 4 is 49.2 Å². The molecule has 0 spiro atoms. The monoisotopic (exact) mass is 898 g/mol. The molecule has 4 unspecified atom stereocenters. The molecular weight excluding hydrogens is 845 g/mol. The van der Waals surface area contributed by atoms with Gasteiger partial charge in [0.25, 0.3) is 0 Å². The molecule has 2 nitrogen and oxygen atoms in total. The molecule has 3 aliphatic rings. The molecule has 0 radical (unpaired) electrons. The van der Waals surface area contributed by atoms with Gasteiger partial charge in [0.1, 0.15) is 0 Å². The van der Waals surface area contributed by atoms with Crippen molar-refractivity contribution in [3.8, 4) is 55.9 Å². The summed E-state index contributed by atoms with van der Waals surface area (Å²) in [6.45, 7) is 10.0. The summed E-state index contributed by atoms with van der Waals surface area (Å²) in [7, 11) is 0. The van der Waals surface area contributed by atoms with Crippen LogP contribution in [-0.4, -0.2) is 9.13 Å². The fourth-order valence-corrected chi connectivity index (χ4v) is 13.0. The second-order valence-electron chi connectivity index (χ2n) is 20.4. The number of para-hydroxylation sites is 2. The zero-order valence-electron chi connectivity index (χ0n) is 40.2. The van der Waals surface area contributed by atoms with E-state index in [1.807, 2.05) is 0 Å². The summed E-state index contributed by atoms with van der Waals surface area (Å²) in [6.07, 6.45) is 8.95. The van der Waals surface area contributed by atoms with Gasteiger partial charge >= 0.3 is 0 Å². The third-order valence-corrected chi connectivity index (χ3v) is 16.8. The minimum Gasteiger partial charge on any atom is -0.309 e. The van der Waals surface area contributed by atoms with E-state index in [1.54, 1.807) is 0 Å². The Hall–Kier alpha value is -7.94. The molecule has 2 heterocycles. The quantitative estimate of drug-likeness (QED) is 0.157. The van der Waals surface area contributed by atoms with E-state index in [2.05, 4.69) is 243 Å². The first-order valence-corrected chi connectivity index (χ1v) is 25.4. The Bertz CT molecular complexity index is 3990. The summed E-state index contributed by atoms with van der Waals surface area (Å²) in [4.78, 5) is 0. The highest BCUT2D eigenvalue weighted by molar-refractivity contribution is 6.17. The van der Waals surface area contributed by atoms with Crippen LogP contribution in [0.3, 0.4) is 0 Å². The number of benzene rings is 9. The molecular formula is C68H54N2. The summed E-state index contributed by atoms with van der Waals surface area (Å²) in [6, 6.07) is 70.9. The highest BCUT2D eigenvalue weighted by atomic mass is 15.0. The maximum Gasteiger partial charge on any atom is 0.0582 e. The first-order chi connectivity index (χ1) is 34.4. The molecule has 336 valence electrons. The summed E-state index contributed by atoms with van der Waals surface area (Å²) in [5, 5.41) is 5.34. The summed E-state index contributed by atoms with van der Waals surface area (Å²) in [5.41, 5.74) is 26.8. The van der Waals surface area contributed by atoms with E-state index in [1.165, 1.54) is 133 Å². The van der Waals surface area contributed by atoms with Gasteiger partial charge in [-0.3, -0.25) is 0 Å². The largest absolute Gasteiger partial charge is 0.309 e. The molecule has 0 saturated heterocycles. The molecule has 4 atom stereocenters. The van der Waals surface area contributed by atoms with Crippen LogP contribution < -0.4 is 0 Å². The van der Waals surface area contributed by atoms with E-state index in [-0.39, 0.29) is 23.7 Å². The van der Waals surface area contributed by atoms with Crippen LogP contribution in [-0.2, 0) is 0 Å². The normalized spacial score (nSPS) is 18.2. The fourth-order valence-electron chi connectivity index (χ4n) is 13.0. The Morgan fingerprint density at radius 1 is 0.371 bits per heavy atom. The second-order valence-corrected chi connectivity index (χ2v) is 20.4. The van der Waals surface area contributed by atoms with Crippen molar-refractivity contribution < 1.29 is 0 Å². The zero-order valence-corrected chi connectivity index (χ0v) is 40.2. The molecule has 0 N–H and O–H groups in total. The molecule has 0 fully saturated rings. The van der Waals surface area contributed by atoms with E-state index in [0.717, 1.165) is 12.8 Å². The van der Waals surface area contributed by atoms with Crippen LogP contribution in [0, 0.1) is 0 Å². The van der Waals surface area contributed by atoms with Crippen molar-refractivity contribution in [3.63, 3.8) is 0 Å². The molecule has 0 amide bonds. The molecule has 0 bridgehead atoms. The van der Waals surface area contributed by atoms with Crippen LogP contribution in [0.2, 0.25) is 0 Å². The average molecular weight is 899 g/mol. The lowest BCUT2D eigenvalue weighted by Gasteiger charge is -2.42. The van der Waals surface area contributed by atoms with Crippen LogP contribution in [0.1, 0.15) is 92.0 Å². The van der Waals surface area contributed by atoms with Gasteiger partial charge in [0.2, 0.25) is 0 Å². The minimum atomic E-state index is 0.273.